The molecule has 0 aromatic heterocycles. The highest BCUT2D eigenvalue weighted by atomic mass is 19.1. The summed E-state index contributed by atoms with van der Waals surface area (Å²) in [5.41, 5.74) is 0. The van der Waals surface area contributed by atoms with Crippen LogP contribution >= 0.6 is 0 Å². The first-order valence-electron chi connectivity index (χ1n) is 5.87. The summed E-state index contributed by atoms with van der Waals surface area (Å²) in [7, 11) is 0. The highest BCUT2D eigenvalue weighted by Crippen LogP contribution is 2.11. The van der Waals surface area contributed by atoms with Crippen LogP contribution in [-0.4, -0.2) is 19.1 Å². The number of halogens is 1. The number of hydrogen-bond donors (Lipinski definition) is 1. The van der Waals surface area contributed by atoms with E-state index in [0.717, 1.165) is 12.8 Å². The fraction of sp³-hybridized carbons (Fsp3) is 0.462. The van der Waals surface area contributed by atoms with Crippen molar-refractivity contribution in [3.63, 3.8) is 0 Å². The van der Waals surface area contributed by atoms with E-state index in [4.69, 9.17) is 4.74 Å². The number of hydrogen-bond acceptors (Lipinski definition) is 2. The maximum absolute atomic E-state index is 12.6. The van der Waals surface area contributed by atoms with Gasteiger partial charge in [0.05, 0.1) is 6.61 Å². The van der Waals surface area contributed by atoms with Crippen LogP contribution in [0.1, 0.15) is 26.2 Å². The average molecular weight is 239 g/mol. The highest BCUT2D eigenvalue weighted by Gasteiger charge is 1.96. The largest absolute Gasteiger partial charge is 0.494 e. The Morgan fingerprint density at radius 3 is 2.65 bits per heavy atom. The van der Waals surface area contributed by atoms with E-state index in [0.29, 0.717) is 25.3 Å². The summed E-state index contributed by atoms with van der Waals surface area (Å²) < 4.78 is 18.0. The van der Waals surface area contributed by atoms with E-state index in [2.05, 4.69) is 5.32 Å². The Balaban J connectivity index is 2.04. The zero-order valence-corrected chi connectivity index (χ0v) is 10.0. The summed E-state index contributed by atoms with van der Waals surface area (Å²) >= 11 is 0. The lowest BCUT2D eigenvalue weighted by Gasteiger charge is -2.06. The number of carbonyl (C=O) groups is 1. The van der Waals surface area contributed by atoms with Crippen molar-refractivity contribution < 1.29 is 13.9 Å². The summed E-state index contributed by atoms with van der Waals surface area (Å²) in [6.07, 6.45) is 2.26. The molecule has 0 saturated carbocycles. The van der Waals surface area contributed by atoms with Gasteiger partial charge >= 0.3 is 0 Å². The first-order valence-corrected chi connectivity index (χ1v) is 5.87. The molecule has 94 valence electrons. The van der Waals surface area contributed by atoms with E-state index >= 15 is 0 Å². The van der Waals surface area contributed by atoms with Gasteiger partial charge in [-0.25, -0.2) is 4.39 Å². The number of benzene rings is 1. The van der Waals surface area contributed by atoms with Gasteiger partial charge in [0.15, 0.2) is 0 Å². The van der Waals surface area contributed by atoms with E-state index in [1.807, 2.05) is 6.92 Å². The van der Waals surface area contributed by atoms with E-state index in [-0.39, 0.29) is 11.7 Å². The van der Waals surface area contributed by atoms with Gasteiger partial charge in [-0.3, -0.25) is 4.79 Å². The second kappa shape index (κ2) is 7.65. The second-order valence-corrected chi connectivity index (χ2v) is 3.71. The number of nitrogens with one attached hydrogen (secondary N) is 1. The summed E-state index contributed by atoms with van der Waals surface area (Å²) in [6, 6.07) is 5.95. The van der Waals surface area contributed by atoms with Gasteiger partial charge in [0, 0.05) is 13.0 Å². The van der Waals surface area contributed by atoms with Gasteiger partial charge in [0.25, 0.3) is 0 Å². The molecule has 3 nitrogen and oxygen atoms in total. The van der Waals surface area contributed by atoms with Crippen LogP contribution in [0.2, 0.25) is 0 Å². The Morgan fingerprint density at radius 1 is 1.29 bits per heavy atom. The summed E-state index contributed by atoms with van der Waals surface area (Å²) in [4.78, 5) is 10.9. The van der Waals surface area contributed by atoms with Crippen molar-refractivity contribution in [3.8, 4) is 5.75 Å². The van der Waals surface area contributed by atoms with Crippen LogP contribution in [0.15, 0.2) is 24.3 Å². The van der Waals surface area contributed by atoms with Crippen molar-refractivity contribution in [1.29, 1.82) is 0 Å². The lowest BCUT2D eigenvalue weighted by atomic mass is 10.3. The van der Waals surface area contributed by atoms with Crippen LogP contribution < -0.4 is 10.1 Å². The van der Waals surface area contributed by atoms with Crippen LogP contribution in [0.3, 0.4) is 0 Å². The van der Waals surface area contributed by atoms with Gasteiger partial charge < -0.3 is 10.1 Å². The van der Waals surface area contributed by atoms with Crippen LogP contribution in [0.4, 0.5) is 4.39 Å². The lowest BCUT2D eigenvalue weighted by Crippen LogP contribution is -2.23. The molecule has 1 aromatic carbocycles. The maximum atomic E-state index is 12.6. The standard InChI is InChI=1S/C13H18FNO2/c1-2-13(16)15-9-3-4-10-17-12-7-5-11(14)6-8-12/h5-8H,2-4,9-10H2,1H3,(H,15,16). The third-order valence-electron chi connectivity index (χ3n) is 2.30. The minimum absolute atomic E-state index is 0.0736. The molecule has 1 aromatic rings. The predicted octanol–water partition coefficient (Wildman–Crippen LogP) is 2.51. The number of ether oxygens (including phenoxy) is 1. The molecule has 1 N–H and O–H groups in total. The molecule has 0 fully saturated rings. The lowest BCUT2D eigenvalue weighted by molar-refractivity contribution is -0.120. The molecule has 0 saturated heterocycles. The summed E-state index contributed by atoms with van der Waals surface area (Å²) in [5, 5.41) is 2.79. The summed E-state index contributed by atoms with van der Waals surface area (Å²) in [5.74, 6) is 0.480. The molecule has 0 heterocycles. The molecule has 0 atom stereocenters. The molecule has 1 rings (SSSR count). The number of carbonyl (C=O) groups excluding carboxylic acids is 1. The van der Waals surface area contributed by atoms with Gasteiger partial charge in [0.2, 0.25) is 5.91 Å². The zero-order valence-electron chi connectivity index (χ0n) is 10.0. The van der Waals surface area contributed by atoms with Crippen molar-refractivity contribution in [2.45, 2.75) is 26.2 Å². The molecular weight excluding hydrogens is 221 g/mol. The fourth-order valence-electron chi connectivity index (χ4n) is 1.30. The molecule has 0 bridgehead atoms. The monoisotopic (exact) mass is 239 g/mol. The second-order valence-electron chi connectivity index (χ2n) is 3.71. The van der Waals surface area contributed by atoms with Crippen LogP contribution in [0.5, 0.6) is 5.75 Å². The maximum Gasteiger partial charge on any atom is 0.219 e. The fourth-order valence-corrected chi connectivity index (χ4v) is 1.30. The quantitative estimate of drug-likeness (QED) is 0.742. The van der Waals surface area contributed by atoms with Crippen molar-refractivity contribution in [1.82, 2.24) is 5.32 Å². The first kappa shape index (κ1) is 13.5. The Kier molecular flexibility index (Phi) is 6.07. The van der Waals surface area contributed by atoms with Gasteiger partial charge in [-0.2, -0.15) is 0 Å². The Labute approximate surface area is 101 Å². The Hall–Kier alpha value is -1.58. The number of unbranched alkanes of at least 4 members (excludes halogenated alkanes) is 1. The third-order valence-corrected chi connectivity index (χ3v) is 2.30. The third kappa shape index (κ3) is 5.90. The average Bonchev–Trinajstić information content (AvgIpc) is 2.35. The van der Waals surface area contributed by atoms with E-state index in [1.54, 1.807) is 12.1 Å². The van der Waals surface area contributed by atoms with Crippen molar-refractivity contribution in [3.05, 3.63) is 30.1 Å². The van der Waals surface area contributed by atoms with Crippen molar-refractivity contribution in [2.75, 3.05) is 13.2 Å². The molecular formula is C13H18FNO2. The van der Waals surface area contributed by atoms with Crippen LogP contribution in [-0.2, 0) is 4.79 Å². The van der Waals surface area contributed by atoms with Gasteiger partial charge in [-0.05, 0) is 37.1 Å². The van der Waals surface area contributed by atoms with Crippen molar-refractivity contribution in [2.24, 2.45) is 0 Å². The predicted molar refractivity (Wildman–Crippen MR) is 64.4 cm³/mol. The minimum atomic E-state index is -0.264. The zero-order chi connectivity index (χ0) is 12.5. The SMILES string of the molecule is CCC(=O)NCCCCOc1ccc(F)cc1. The molecule has 0 aliphatic carbocycles. The van der Waals surface area contributed by atoms with E-state index in [9.17, 15) is 9.18 Å². The molecule has 1 amide bonds. The molecule has 0 spiro atoms. The molecule has 0 unspecified atom stereocenters. The minimum Gasteiger partial charge on any atom is -0.494 e. The molecule has 0 radical (unpaired) electrons. The summed E-state index contributed by atoms with van der Waals surface area (Å²) in [6.45, 7) is 3.08. The highest BCUT2D eigenvalue weighted by molar-refractivity contribution is 5.75. The van der Waals surface area contributed by atoms with Gasteiger partial charge in [-0.15, -0.1) is 0 Å². The molecule has 17 heavy (non-hydrogen) atoms. The number of amides is 1. The molecule has 4 heteroatoms. The molecule has 0 aliphatic rings. The van der Waals surface area contributed by atoms with E-state index in [1.165, 1.54) is 12.1 Å². The molecule has 0 aliphatic heterocycles. The van der Waals surface area contributed by atoms with E-state index < -0.39 is 0 Å². The van der Waals surface area contributed by atoms with Crippen LogP contribution in [0, 0.1) is 5.82 Å². The van der Waals surface area contributed by atoms with Crippen LogP contribution in [0.25, 0.3) is 0 Å². The Morgan fingerprint density at radius 2 is 2.00 bits per heavy atom. The Bertz CT molecular complexity index is 338. The normalized spacial score (nSPS) is 10.0. The van der Waals surface area contributed by atoms with Gasteiger partial charge in [0.1, 0.15) is 11.6 Å². The van der Waals surface area contributed by atoms with Crippen molar-refractivity contribution >= 4 is 5.91 Å². The number of rotatable bonds is 7. The first-order chi connectivity index (χ1) is 8.22. The smallest absolute Gasteiger partial charge is 0.219 e. The topological polar surface area (TPSA) is 38.3 Å². The van der Waals surface area contributed by atoms with Gasteiger partial charge in [-0.1, -0.05) is 6.92 Å².